The fourth-order valence-electron chi connectivity index (χ4n) is 3.19. The summed E-state index contributed by atoms with van der Waals surface area (Å²) in [6, 6.07) is 6.47. The lowest BCUT2D eigenvalue weighted by atomic mass is 10.1. The van der Waals surface area contributed by atoms with Gasteiger partial charge in [-0.1, -0.05) is 26.0 Å². The number of nitrogens with one attached hydrogen (secondary N) is 1. The number of aryl methyl sites for hydroxylation is 1. The normalized spacial score (nSPS) is 11.9. The largest absolute Gasteiger partial charge is 0.418 e. The van der Waals surface area contributed by atoms with Crippen LogP contribution < -0.4 is 5.32 Å². The van der Waals surface area contributed by atoms with Crippen LogP contribution in [0.4, 0.5) is 18.9 Å². The van der Waals surface area contributed by atoms with E-state index in [1.54, 1.807) is 6.07 Å². The number of hydrogen-bond donors (Lipinski definition) is 1. The number of rotatable bonds is 6. The number of likely N-dealkylation sites (N-methyl/N-ethyl adjacent to an activating group) is 1. The first kappa shape index (κ1) is 22.8. The number of carbonyl (C=O) groups is 2. The predicted molar refractivity (Wildman–Crippen MR) is 114 cm³/mol. The van der Waals surface area contributed by atoms with E-state index in [2.05, 4.69) is 24.3 Å². The molecule has 166 valence electrons. The van der Waals surface area contributed by atoms with Gasteiger partial charge in [-0.05, 0) is 31.0 Å². The zero-order chi connectivity index (χ0) is 22.9. The van der Waals surface area contributed by atoms with E-state index in [1.165, 1.54) is 41.5 Å². The zero-order valence-electron chi connectivity index (χ0n) is 17.6. The third-order valence-electron chi connectivity index (χ3n) is 4.59. The molecule has 6 nitrogen and oxygen atoms in total. The molecule has 2 amide bonds. The lowest BCUT2D eigenvalue weighted by molar-refractivity contribution is -0.137. The van der Waals surface area contributed by atoms with Crippen LogP contribution in [0.3, 0.4) is 0 Å². The van der Waals surface area contributed by atoms with E-state index < -0.39 is 17.6 Å². The Balaban J connectivity index is 1.73. The highest BCUT2D eigenvalue weighted by Crippen LogP contribution is 2.34. The van der Waals surface area contributed by atoms with Gasteiger partial charge in [-0.3, -0.25) is 14.3 Å². The van der Waals surface area contributed by atoms with E-state index in [0.717, 1.165) is 28.5 Å². The molecule has 0 unspecified atom stereocenters. The number of para-hydroxylation sites is 1. The minimum Gasteiger partial charge on any atom is -0.332 e. The molecule has 0 saturated heterocycles. The molecule has 3 rings (SSSR count). The first-order chi connectivity index (χ1) is 14.5. The molecule has 3 aromatic rings. The molecule has 0 aliphatic rings. The maximum Gasteiger partial charge on any atom is 0.418 e. The van der Waals surface area contributed by atoms with E-state index >= 15 is 0 Å². The minimum absolute atomic E-state index is 0.341. The van der Waals surface area contributed by atoms with Crippen molar-refractivity contribution in [2.24, 2.45) is 5.92 Å². The Bertz CT molecular complexity index is 1120. The van der Waals surface area contributed by atoms with Crippen molar-refractivity contribution >= 4 is 39.1 Å². The molecule has 2 aromatic heterocycles. The van der Waals surface area contributed by atoms with Gasteiger partial charge in [0.1, 0.15) is 4.83 Å². The van der Waals surface area contributed by atoms with Crippen molar-refractivity contribution in [1.82, 2.24) is 14.7 Å². The molecule has 0 radical (unpaired) electrons. The van der Waals surface area contributed by atoms with Crippen LogP contribution in [0.25, 0.3) is 10.2 Å². The first-order valence-electron chi connectivity index (χ1n) is 9.66. The molecule has 10 heteroatoms. The zero-order valence-corrected chi connectivity index (χ0v) is 18.4. The molecule has 0 bridgehead atoms. The summed E-state index contributed by atoms with van der Waals surface area (Å²) in [5, 5.41) is 7.64. The Morgan fingerprint density at radius 2 is 1.94 bits per heavy atom. The van der Waals surface area contributed by atoms with Gasteiger partial charge >= 0.3 is 6.18 Å². The number of fused-ring (bicyclic) bond motifs is 1. The van der Waals surface area contributed by atoms with Gasteiger partial charge in [0.25, 0.3) is 5.91 Å². The van der Waals surface area contributed by atoms with Crippen molar-refractivity contribution in [3.63, 3.8) is 0 Å². The van der Waals surface area contributed by atoms with Gasteiger partial charge in [-0.15, -0.1) is 11.3 Å². The van der Waals surface area contributed by atoms with Crippen LogP contribution in [-0.4, -0.2) is 40.1 Å². The summed E-state index contributed by atoms with van der Waals surface area (Å²) in [6.07, 6.45) is -4.59. The summed E-state index contributed by atoms with van der Waals surface area (Å²) in [6.45, 7) is 6.36. The Kier molecular flexibility index (Phi) is 6.40. The van der Waals surface area contributed by atoms with E-state index in [4.69, 9.17) is 0 Å². The van der Waals surface area contributed by atoms with Crippen LogP contribution >= 0.6 is 11.3 Å². The fourth-order valence-corrected chi connectivity index (χ4v) is 4.36. The van der Waals surface area contributed by atoms with Gasteiger partial charge in [0.05, 0.1) is 28.4 Å². The molecule has 0 aliphatic carbocycles. The Hall–Kier alpha value is -2.88. The van der Waals surface area contributed by atoms with Gasteiger partial charge in [0.15, 0.2) is 0 Å². The van der Waals surface area contributed by atoms with Gasteiger partial charge < -0.3 is 10.2 Å². The fraction of sp³-hybridized carbons (Fsp3) is 0.381. The number of alkyl halides is 3. The Labute approximate surface area is 181 Å². The molecule has 0 fully saturated rings. The van der Waals surface area contributed by atoms with E-state index in [1.807, 2.05) is 11.6 Å². The monoisotopic (exact) mass is 452 g/mol. The lowest BCUT2D eigenvalue weighted by Crippen LogP contribution is -2.34. The average Bonchev–Trinajstić information content (AvgIpc) is 3.21. The van der Waals surface area contributed by atoms with Crippen LogP contribution in [0, 0.1) is 12.8 Å². The third kappa shape index (κ3) is 5.07. The van der Waals surface area contributed by atoms with Gasteiger partial charge in [0, 0.05) is 19.0 Å². The number of amides is 2. The standard InChI is InChI=1S/C21H23F3N4O2S/c1-12(2)10-28-20-14(13(3)26-28)9-17(31-20)19(30)27(4)11-18(29)25-16-8-6-5-7-15(16)21(22,23)24/h5-9,12H,10-11H2,1-4H3,(H,25,29). The minimum atomic E-state index is -4.59. The number of halogens is 3. The average molecular weight is 453 g/mol. The molecule has 0 saturated carbocycles. The molecule has 1 aromatic carbocycles. The van der Waals surface area contributed by atoms with Gasteiger partial charge in [-0.25, -0.2) is 0 Å². The molecular weight excluding hydrogens is 429 g/mol. The van der Waals surface area contributed by atoms with Gasteiger partial charge in [-0.2, -0.15) is 18.3 Å². The third-order valence-corrected chi connectivity index (χ3v) is 5.73. The first-order valence-corrected chi connectivity index (χ1v) is 10.5. The van der Waals surface area contributed by atoms with E-state index in [-0.39, 0.29) is 18.1 Å². The summed E-state index contributed by atoms with van der Waals surface area (Å²) in [4.78, 5) is 27.6. The highest BCUT2D eigenvalue weighted by Gasteiger charge is 2.33. The van der Waals surface area contributed by atoms with Crippen molar-refractivity contribution in [2.75, 3.05) is 18.9 Å². The molecule has 0 atom stereocenters. The second-order valence-electron chi connectivity index (χ2n) is 7.74. The van der Waals surface area contributed by atoms with Crippen LogP contribution in [0.5, 0.6) is 0 Å². The summed E-state index contributed by atoms with van der Waals surface area (Å²) < 4.78 is 41.2. The van der Waals surface area contributed by atoms with Gasteiger partial charge in [0.2, 0.25) is 5.91 Å². The summed E-state index contributed by atoms with van der Waals surface area (Å²) in [5.74, 6) is -0.707. The number of hydrogen-bond acceptors (Lipinski definition) is 4. The van der Waals surface area contributed by atoms with Crippen LogP contribution in [-0.2, 0) is 17.5 Å². The van der Waals surface area contributed by atoms with Crippen molar-refractivity contribution in [3.05, 3.63) is 46.5 Å². The smallest absolute Gasteiger partial charge is 0.332 e. The van der Waals surface area contributed by atoms with E-state index in [0.29, 0.717) is 10.8 Å². The van der Waals surface area contributed by atoms with Crippen molar-refractivity contribution in [2.45, 2.75) is 33.5 Å². The predicted octanol–water partition coefficient (Wildman–Crippen LogP) is 4.79. The Morgan fingerprint density at radius 3 is 2.58 bits per heavy atom. The molecule has 2 heterocycles. The summed E-state index contributed by atoms with van der Waals surface area (Å²) in [5.41, 5.74) is -0.464. The van der Waals surface area contributed by atoms with Crippen LogP contribution in [0.15, 0.2) is 30.3 Å². The topological polar surface area (TPSA) is 67.2 Å². The van der Waals surface area contributed by atoms with Crippen molar-refractivity contribution in [1.29, 1.82) is 0 Å². The maximum absolute atomic E-state index is 13.1. The number of benzene rings is 1. The SMILES string of the molecule is Cc1nn(CC(C)C)c2sc(C(=O)N(C)CC(=O)Nc3ccccc3C(F)(F)F)cc12. The van der Waals surface area contributed by atoms with Crippen molar-refractivity contribution in [3.8, 4) is 0 Å². The quantitative estimate of drug-likeness (QED) is 0.585. The summed E-state index contributed by atoms with van der Waals surface area (Å²) in [7, 11) is 1.44. The van der Waals surface area contributed by atoms with Crippen molar-refractivity contribution < 1.29 is 22.8 Å². The second-order valence-corrected chi connectivity index (χ2v) is 8.77. The number of nitrogens with zero attached hydrogens (tertiary/aromatic N) is 3. The molecule has 31 heavy (non-hydrogen) atoms. The number of anilines is 1. The molecule has 1 N–H and O–H groups in total. The van der Waals surface area contributed by atoms with E-state index in [9.17, 15) is 22.8 Å². The summed E-state index contributed by atoms with van der Waals surface area (Å²) >= 11 is 1.29. The lowest BCUT2D eigenvalue weighted by Gasteiger charge is -2.17. The number of aromatic nitrogens is 2. The molecule has 0 aliphatic heterocycles. The maximum atomic E-state index is 13.1. The highest BCUT2D eigenvalue weighted by atomic mass is 32.1. The van der Waals surface area contributed by atoms with Crippen LogP contribution in [0.1, 0.15) is 34.8 Å². The number of carbonyl (C=O) groups excluding carboxylic acids is 2. The van der Waals surface area contributed by atoms with Crippen LogP contribution in [0.2, 0.25) is 0 Å². The molecular formula is C21H23F3N4O2S. The Morgan fingerprint density at radius 1 is 1.26 bits per heavy atom. The second kappa shape index (κ2) is 8.70. The molecule has 0 spiro atoms. The highest BCUT2D eigenvalue weighted by molar-refractivity contribution is 7.20. The number of thiophene rings is 1.